The molecule has 1 heterocycles. The summed E-state index contributed by atoms with van der Waals surface area (Å²) in [6, 6.07) is 4.38. The van der Waals surface area contributed by atoms with E-state index < -0.39 is 7.12 Å². The zero-order valence-electron chi connectivity index (χ0n) is 9.47. The monoisotopic (exact) mass is 255 g/mol. The molecule has 0 aromatic heterocycles. The second kappa shape index (κ2) is 5.86. The maximum atomic E-state index is 13.7. The first-order valence-electron chi connectivity index (χ1n) is 5.61. The molecule has 6 heteroatoms. The van der Waals surface area contributed by atoms with E-state index in [1.807, 2.05) is 11.8 Å². The predicted molar refractivity (Wildman–Crippen MR) is 68.8 cm³/mol. The summed E-state index contributed by atoms with van der Waals surface area (Å²) in [5, 5.41) is 17.9. The summed E-state index contributed by atoms with van der Waals surface area (Å²) in [6.45, 7) is 2.55. The lowest BCUT2D eigenvalue weighted by Crippen LogP contribution is -2.33. The number of benzene rings is 1. The van der Waals surface area contributed by atoms with Crippen LogP contribution in [0.5, 0.6) is 0 Å². The first-order valence-corrected chi connectivity index (χ1v) is 6.77. The highest BCUT2D eigenvalue weighted by molar-refractivity contribution is 7.99. The van der Waals surface area contributed by atoms with Crippen LogP contribution in [0.15, 0.2) is 18.2 Å². The quantitative estimate of drug-likeness (QED) is 0.749. The summed E-state index contributed by atoms with van der Waals surface area (Å²) >= 11 is 1.92. The Hall–Kier alpha value is -0.555. The van der Waals surface area contributed by atoms with Gasteiger partial charge in [0, 0.05) is 36.7 Å². The fraction of sp³-hybridized carbons (Fsp3) is 0.455. The molecule has 17 heavy (non-hydrogen) atoms. The Kier molecular flexibility index (Phi) is 4.45. The average Bonchev–Trinajstić information content (AvgIpc) is 2.33. The highest BCUT2D eigenvalue weighted by atomic mass is 32.2. The maximum absolute atomic E-state index is 13.7. The van der Waals surface area contributed by atoms with Crippen molar-refractivity contribution in [2.45, 2.75) is 6.54 Å². The van der Waals surface area contributed by atoms with E-state index in [1.165, 1.54) is 6.07 Å². The molecule has 0 unspecified atom stereocenters. The summed E-state index contributed by atoms with van der Waals surface area (Å²) in [6.07, 6.45) is 0. The van der Waals surface area contributed by atoms with Crippen LogP contribution in [0, 0.1) is 5.82 Å². The molecule has 2 N–H and O–H groups in total. The Labute approximate surface area is 105 Å². The van der Waals surface area contributed by atoms with Gasteiger partial charge in [-0.1, -0.05) is 12.1 Å². The molecule has 0 saturated carbocycles. The van der Waals surface area contributed by atoms with Gasteiger partial charge < -0.3 is 10.0 Å². The minimum atomic E-state index is -1.61. The minimum absolute atomic E-state index is 0.195. The molecular weight excluding hydrogens is 240 g/mol. The Bertz CT molecular complexity index is 386. The average molecular weight is 255 g/mol. The van der Waals surface area contributed by atoms with Gasteiger partial charge in [0.05, 0.1) is 0 Å². The topological polar surface area (TPSA) is 43.7 Å². The van der Waals surface area contributed by atoms with Crippen LogP contribution in [-0.2, 0) is 6.54 Å². The zero-order valence-corrected chi connectivity index (χ0v) is 10.3. The van der Waals surface area contributed by atoms with Gasteiger partial charge in [0.2, 0.25) is 0 Å². The molecule has 1 aromatic carbocycles. The van der Waals surface area contributed by atoms with Crippen LogP contribution < -0.4 is 5.46 Å². The standard InChI is InChI=1S/C11H15BFNO2S/c13-11-7-10(12(15)16)2-1-9(11)8-14-3-5-17-6-4-14/h1-2,7,15-16H,3-6,8H2. The van der Waals surface area contributed by atoms with Gasteiger partial charge >= 0.3 is 7.12 Å². The Morgan fingerprint density at radius 3 is 2.59 bits per heavy atom. The number of hydrogen-bond acceptors (Lipinski definition) is 4. The summed E-state index contributed by atoms with van der Waals surface area (Å²) in [5.41, 5.74) is 0.807. The molecule has 1 aliphatic rings. The fourth-order valence-electron chi connectivity index (χ4n) is 1.85. The molecule has 3 nitrogen and oxygen atoms in total. The molecule has 0 radical (unpaired) electrons. The first kappa shape index (κ1) is 12.9. The van der Waals surface area contributed by atoms with E-state index in [2.05, 4.69) is 4.90 Å². The van der Waals surface area contributed by atoms with Crippen molar-refractivity contribution in [1.29, 1.82) is 0 Å². The van der Waals surface area contributed by atoms with E-state index in [1.54, 1.807) is 12.1 Å². The van der Waals surface area contributed by atoms with Gasteiger partial charge in [0.1, 0.15) is 5.82 Å². The Morgan fingerprint density at radius 2 is 2.00 bits per heavy atom. The van der Waals surface area contributed by atoms with E-state index in [-0.39, 0.29) is 11.3 Å². The lowest BCUT2D eigenvalue weighted by Gasteiger charge is -2.26. The molecule has 1 saturated heterocycles. The third kappa shape index (κ3) is 3.45. The van der Waals surface area contributed by atoms with Crippen LogP contribution in [0.2, 0.25) is 0 Å². The number of thioether (sulfide) groups is 1. The van der Waals surface area contributed by atoms with Crippen LogP contribution in [0.4, 0.5) is 4.39 Å². The minimum Gasteiger partial charge on any atom is -0.423 e. The second-order valence-electron chi connectivity index (χ2n) is 4.11. The zero-order chi connectivity index (χ0) is 12.3. The van der Waals surface area contributed by atoms with Gasteiger partial charge in [-0.3, -0.25) is 4.90 Å². The number of rotatable bonds is 3. The van der Waals surface area contributed by atoms with Crippen molar-refractivity contribution in [2.24, 2.45) is 0 Å². The van der Waals surface area contributed by atoms with Crippen LogP contribution in [0.25, 0.3) is 0 Å². The highest BCUT2D eigenvalue weighted by Gasteiger charge is 2.16. The Balaban J connectivity index is 2.05. The number of nitrogens with zero attached hydrogens (tertiary/aromatic N) is 1. The van der Waals surface area contributed by atoms with E-state index in [0.29, 0.717) is 12.1 Å². The van der Waals surface area contributed by atoms with Gasteiger partial charge in [-0.2, -0.15) is 11.8 Å². The van der Waals surface area contributed by atoms with Gasteiger partial charge in [-0.05, 0) is 11.5 Å². The smallest absolute Gasteiger partial charge is 0.423 e. The van der Waals surface area contributed by atoms with Gasteiger partial charge in [-0.15, -0.1) is 0 Å². The normalized spacial score (nSPS) is 17.1. The fourth-order valence-corrected chi connectivity index (χ4v) is 2.83. The van der Waals surface area contributed by atoms with Crippen molar-refractivity contribution in [3.05, 3.63) is 29.6 Å². The van der Waals surface area contributed by atoms with Gasteiger partial charge in [0.25, 0.3) is 0 Å². The van der Waals surface area contributed by atoms with Crippen molar-refractivity contribution in [3.63, 3.8) is 0 Å². The summed E-state index contributed by atoms with van der Waals surface area (Å²) < 4.78 is 13.7. The second-order valence-corrected chi connectivity index (χ2v) is 5.34. The van der Waals surface area contributed by atoms with Gasteiger partial charge in [0.15, 0.2) is 0 Å². The molecular formula is C11H15BFNO2S. The van der Waals surface area contributed by atoms with Crippen LogP contribution in [-0.4, -0.2) is 46.7 Å². The molecule has 0 bridgehead atoms. The van der Waals surface area contributed by atoms with Crippen LogP contribution in [0.3, 0.4) is 0 Å². The van der Waals surface area contributed by atoms with E-state index in [0.717, 1.165) is 24.6 Å². The summed E-state index contributed by atoms with van der Waals surface area (Å²) in [4.78, 5) is 2.21. The third-order valence-corrected chi connectivity index (χ3v) is 3.82. The molecule has 0 atom stereocenters. The van der Waals surface area contributed by atoms with Crippen molar-refractivity contribution in [2.75, 3.05) is 24.6 Å². The maximum Gasteiger partial charge on any atom is 0.488 e. The van der Waals surface area contributed by atoms with Crippen molar-refractivity contribution in [3.8, 4) is 0 Å². The molecule has 1 fully saturated rings. The molecule has 1 aliphatic heterocycles. The van der Waals surface area contributed by atoms with E-state index in [9.17, 15) is 4.39 Å². The summed E-state index contributed by atoms with van der Waals surface area (Å²) in [5.74, 6) is 1.82. The van der Waals surface area contributed by atoms with Crippen molar-refractivity contribution in [1.82, 2.24) is 4.90 Å². The number of halogens is 1. The molecule has 92 valence electrons. The molecule has 0 amide bonds. The van der Waals surface area contributed by atoms with E-state index >= 15 is 0 Å². The highest BCUT2D eigenvalue weighted by Crippen LogP contribution is 2.14. The molecule has 0 aliphatic carbocycles. The van der Waals surface area contributed by atoms with Crippen molar-refractivity contribution < 1.29 is 14.4 Å². The lowest BCUT2D eigenvalue weighted by molar-refractivity contribution is 0.290. The SMILES string of the molecule is OB(O)c1ccc(CN2CCSCC2)c(F)c1. The van der Waals surface area contributed by atoms with Gasteiger partial charge in [-0.25, -0.2) is 4.39 Å². The first-order chi connectivity index (χ1) is 8.16. The largest absolute Gasteiger partial charge is 0.488 e. The third-order valence-electron chi connectivity index (χ3n) is 2.87. The Morgan fingerprint density at radius 1 is 1.29 bits per heavy atom. The summed E-state index contributed by atoms with van der Waals surface area (Å²) in [7, 11) is -1.61. The molecule has 2 rings (SSSR count). The van der Waals surface area contributed by atoms with Crippen LogP contribution >= 0.6 is 11.8 Å². The lowest BCUT2D eigenvalue weighted by atomic mass is 9.80. The molecule has 1 aromatic rings. The van der Waals surface area contributed by atoms with Crippen molar-refractivity contribution >= 4 is 24.3 Å². The van der Waals surface area contributed by atoms with E-state index in [4.69, 9.17) is 10.0 Å². The predicted octanol–water partition coefficient (Wildman–Crippen LogP) is 0.0543. The van der Waals surface area contributed by atoms with Crippen LogP contribution in [0.1, 0.15) is 5.56 Å². The number of hydrogen-bond donors (Lipinski definition) is 2. The molecule has 0 spiro atoms.